The molecule has 29 heavy (non-hydrogen) atoms. The van der Waals surface area contributed by atoms with E-state index in [-0.39, 0.29) is 5.91 Å². The van der Waals surface area contributed by atoms with Gasteiger partial charge in [-0.15, -0.1) is 0 Å². The number of urea groups is 1. The van der Waals surface area contributed by atoms with Gasteiger partial charge in [0, 0.05) is 27.7 Å². The monoisotopic (exact) mass is 405 g/mol. The highest BCUT2D eigenvalue weighted by Crippen LogP contribution is 2.34. The number of carbonyl (C=O) groups excluding carboxylic acids is 2. The molecule has 146 valence electrons. The SMILES string of the molecule is Cc1cccc(COc2ccc(Sc3ccncc3C3NC(=O)NC3=O)cc2)c1. The van der Waals surface area contributed by atoms with Crippen LogP contribution in [-0.4, -0.2) is 16.9 Å². The molecular weight excluding hydrogens is 386 g/mol. The number of aryl methyl sites for hydroxylation is 1. The van der Waals surface area contributed by atoms with Crippen molar-refractivity contribution >= 4 is 23.7 Å². The summed E-state index contributed by atoms with van der Waals surface area (Å²) in [5.74, 6) is 0.415. The van der Waals surface area contributed by atoms with Gasteiger partial charge in [-0.25, -0.2) is 4.79 Å². The average Bonchev–Trinajstić information content (AvgIpc) is 3.06. The summed E-state index contributed by atoms with van der Waals surface area (Å²) < 4.78 is 5.86. The third kappa shape index (κ3) is 4.57. The molecule has 0 bridgehead atoms. The molecule has 3 aromatic rings. The molecule has 1 saturated heterocycles. The highest BCUT2D eigenvalue weighted by molar-refractivity contribution is 7.99. The van der Waals surface area contributed by atoms with Crippen LogP contribution in [0.25, 0.3) is 0 Å². The fraction of sp³-hybridized carbons (Fsp3) is 0.136. The first-order chi connectivity index (χ1) is 14.1. The Balaban J connectivity index is 1.44. The van der Waals surface area contributed by atoms with Gasteiger partial charge >= 0.3 is 6.03 Å². The van der Waals surface area contributed by atoms with Crippen LogP contribution in [-0.2, 0) is 11.4 Å². The van der Waals surface area contributed by atoms with Crippen molar-refractivity contribution in [1.29, 1.82) is 0 Å². The van der Waals surface area contributed by atoms with Gasteiger partial charge in [-0.05, 0) is 42.8 Å². The first-order valence-corrected chi connectivity index (χ1v) is 9.92. The lowest BCUT2D eigenvalue weighted by Crippen LogP contribution is -2.22. The van der Waals surface area contributed by atoms with Gasteiger partial charge in [0.25, 0.3) is 5.91 Å². The number of imide groups is 1. The molecule has 0 radical (unpaired) electrons. The van der Waals surface area contributed by atoms with Crippen LogP contribution in [0.2, 0.25) is 0 Å². The maximum atomic E-state index is 12.0. The summed E-state index contributed by atoms with van der Waals surface area (Å²) in [6, 6.07) is 16.6. The molecule has 2 N–H and O–H groups in total. The number of benzene rings is 2. The van der Waals surface area contributed by atoms with E-state index in [2.05, 4.69) is 34.7 Å². The van der Waals surface area contributed by atoms with Gasteiger partial charge in [0.05, 0.1) is 0 Å². The van der Waals surface area contributed by atoms with Crippen LogP contribution in [0.15, 0.2) is 76.8 Å². The maximum Gasteiger partial charge on any atom is 0.322 e. The highest BCUT2D eigenvalue weighted by Gasteiger charge is 2.32. The predicted octanol–water partition coefficient (Wildman–Crippen LogP) is 4.00. The first-order valence-electron chi connectivity index (χ1n) is 9.10. The standard InChI is InChI=1S/C22H19N3O3S/c1-14-3-2-4-15(11-14)13-28-16-5-7-17(8-6-16)29-19-9-10-23-12-18(19)20-21(26)25-22(27)24-20/h2-12,20H,13H2,1H3,(H2,24,25,26,27). The quantitative estimate of drug-likeness (QED) is 0.606. The molecule has 1 aliphatic heterocycles. The van der Waals surface area contributed by atoms with Crippen LogP contribution in [0, 0.1) is 6.92 Å². The second kappa shape index (κ2) is 8.36. The van der Waals surface area contributed by atoms with Gasteiger partial charge in [-0.3, -0.25) is 15.1 Å². The van der Waals surface area contributed by atoms with Crippen LogP contribution in [0.4, 0.5) is 4.79 Å². The molecule has 0 aliphatic carbocycles. The number of aromatic nitrogens is 1. The Morgan fingerprint density at radius 1 is 1.10 bits per heavy atom. The fourth-order valence-electron chi connectivity index (χ4n) is 3.04. The molecule has 1 atom stereocenters. The molecule has 0 saturated carbocycles. The van der Waals surface area contributed by atoms with E-state index in [4.69, 9.17) is 4.74 Å². The second-order valence-electron chi connectivity index (χ2n) is 6.66. The molecule has 1 unspecified atom stereocenters. The third-order valence-electron chi connectivity index (χ3n) is 4.43. The van der Waals surface area contributed by atoms with Crippen LogP contribution < -0.4 is 15.4 Å². The van der Waals surface area contributed by atoms with E-state index >= 15 is 0 Å². The Morgan fingerprint density at radius 2 is 1.93 bits per heavy atom. The van der Waals surface area contributed by atoms with Crippen LogP contribution in [0.3, 0.4) is 0 Å². The van der Waals surface area contributed by atoms with E-state index in [9.17, 15) is 9.59 Å². The van der Waals surface area contributed by atoms with E-state index in [0.717, 1.165) is 21.1 Å². The molecule has 0 spiro atoms. The third-order valence-corrected chi connectivity index (χ3v) is 5.53. The van der Waals surface area contributed by atoms with Gasteiger partial charge in [0.1, 0.15) is 18.4 Å². The van der Waals surface area contributed by atoms with Crippen molar-refractivity contribution in [2.45, 2.75) is 29.4 Å². The zero-order valence-electron chi connectivity index (χ0n) is 15.7. The number of hydrogen-bond donors (Lipinski definition) is 2. The fourth-order valence-corrected chi connectivity index (χ4v) is 3.98. The minimum Gasteiger partial charge on any atom is -0.489 e. The number of ether oxygens (including phenoxy) is 1. The summed E-state index contributed by atoms with van der Waals surface area (Å²) in [6.07, 6.45) is 3.28. The molecule has 2 heterocycles. The lowest BCUT2D eigenvalue weighted by molar-refractivity contribution is -0.120. The zero-order valence-corrected chi connectivity index (χ0v) is 16.5. The summed E-state index contributed by atoms with van der Waals surface area (Å²) in [5, 5.41) is 4.87. The van der Waals surface area contributed by atoms with Gasteiger partial charge in [0.2, 0.25) is 0 Å². The molecule has 1 fully saturated rings. The van der Waals surface area contributed by atoms with E-state index in [1.54, 1.807) is 12.4 Å². The van der Waals surface area contributed by atoms with Crippen LogP contribution >= 0.6 is 11.8 Å². The van der Waals surface area contributed by atoms with Gasteiger partial charge in [0.15, 0.2) is 0 Å². The number of nitrogens with zero attached hydrogens (tertiary/aromatic N) is 1. The van der Waals surface area contributed by atoms with Gasteiger partial charge in [-0.2, -0.15) is 0 Å². The first kappa shape index (κ1) is 19.0. The Kier molecular flexibility index (Phi) is 5.48. The molecule has 1 aromatic heterocycles. The topological polar surface area (TPSA) is 80.3 Å². The van der Waals surface area contributed by atoms with Crippen molar-refractivity contribution in [3.8, 4) is 5.75 Å². The van der Waals surface area contributed by atoms with Crippen molar-refractivity contribution in [3.63, 3.8) is 0 Å². The average molecular weight is 405 g/mol. The lowest BCUT2D eigenvalue weighted by atomic mass is 10.1. The number of pyridine rings is 1. The summed E-state index contributed by atoms with van der Waals surface area (Å²) >= 11 is 1.50. The number of amides is 3. The van der Waals surface area contributed by atoms with E-state index in [1.165, 1.54) is 17.3 Å². The highest BCUT2D eigenvalue weighted by atomic mass is 32.2. The molecule has 3 amide bonds. The summed E-state index contributed by atoms with van der Waals surface area (Å²) in [7, 11) is 0. The van der Waals surface area contributed by atoms with Crippen LogP contribution in [0.5, 0.6) is 5.75 Å². The second-order valence-corrected chi connectivity index (χ2v) is 7.78. The number of hydrogen-bond acceptors (Lipinski definition) is 5. The normalized spacial score (nSPS) is 15.7. The molecule has 2 aromatic carbocycles. The van der Waals surface area contributed by atoms with Crippen molar-refractivity contribution < 1.29 is 14.3 Å². The van der Waals surface area contributed by atoms with Gasteiger partial charge in [-0.1, -0.05) is 41.6 Å². The maximum absolute atomic E-state index is 12.0. The molecule has 1 aliphatic rings. The molecular formula is C22H19N3O3S. The smallest absolute Gasteiger partial charge is 0.322 e. The number of rotatable bonds is 6. The summed E-state index contributed by atoms with van der Waals surface area (Å²) in [6.45, 7) is 2.57. The van der Waals surface area contributed by atoms with Gasteiger partial charge < -0.3 is 10.1 Å². The van der Waals surface area contributed by atoms with Crippen molar-refractivity contribution in [2.24, 2.45) is 0 Å². The van der Waals surface area contributed by atoms with E-state index < -0.39 is 12.1 Å². The number of carbonyl (C=O) groups is 2. The minimum absolute atomic E-state index is 0.371. The number of nitrogens with one attached hydrogen (secondary N) is 2. The molecule has 4 rings (SSSR count). The Hall–Kier alpha value is -3.32. The largest absolute Gasteiger partial charge is 0.489 e. The van der Waals surface area contributed by atoms with E-state index in [0.29, 0.717) is 12.2 Å². The minimum atomic E-state index is -0.726. The Morgan fingerprint density at radius 3 is 2.66 bits per heavy atom. The summed E-state index contributed by atoms with van der Waals surface area (Å²) in [4.78, 5) is 29.4. The Bertz CT molecular complexity index is 1050. The summed E-state index contributed by atoms with van der Waals surface area (Å²) in [5.41, 5.74) is 3.00. The van der Waals surface area contributed by atoms with Crippen molar-refractivity contribution in [2.75, 3.05) is 0 Å². The molecule has 7 heteroatoms. The zero-order chi connectivity index (χ0) is 20.2. The van der Waals surface area contributed by atoms with E-state index in [1.807, 2.05) is 42.5 Å². The van der Waals surface area contributed by atoms with Crippen molar-refractivity contribution in [3.05, 3.63) is 83.7 Å². The lowest BCUT2D eigenvalue weighted by Gasteiger charge is -2.13. The Labute approximate surface area is 172 Å². The predicted molar refractivity (Wildman–Crippen MR) is 110 cm³/mol. The molecule has 6 nitrogen and oxygen atoms in total. The van der Waals surface area contributed by atoms with Crippen molar-refractivity contribution in [1.82, 2.24) is 15.6 Å². The van der Waals surface area contributed by atoms with Crippen LogP contribution in [0.1, 0.15) is 22.7 Å².